The van der Waals surface area contributed by atoms with Crippen molar-refractivity contribution in [2.24, 2.45) is 13.0 Å². The van der Waals surface area contributed by atoms with E-state index in [9.17, 15) is 9.59 Å². The summed E-state index contributed by atoms with van der Waals surface area (Å²) in [7, 11) is 1.94. The molecule has 2 fully saturated rings. The lowest BCUT2D eigenvalue weighted by atomic mass is 9.81. The molecule has 1 saturated heterocycles. The Labute approximate surface area is 225 Å². The van der Waals surface area contributed by atoms with E-state index >= 15 is 0 Å². The number of pyridine rings is 1. The molecule has 1 aliphatic carbocycles. The molecule has 1 saturated carbocycles. The number of aryl methyl sites for hydroxylation is 2. The number of aromatic nitrogens is 4. The second-order valence-electron chi connectivity index (χ2n) is 11.8. The summed E-state index contributed by atoms with van der Waals surface area (Å²) in [5.41, 5.74) is 2.60. The number of anilines is 1. The van der Waals surface area contributed by atoms with Crippen molar-refractivity contribution in [1.82, 2.24) is 24.2 Å². The Hall–Kier alpha value is -3.26. The largest absolute Gasteiger partial charge is 0.322 e. The highest BCUT2D eigenvalue weighted by molar-refractivity contribution is 6.04. The molecule has 0 bridgehead atoms. The van der Waals surface area contributed by atoms with Gasteiger partial charge in [-0.15, -0.1) is 10.2 Å². The molecule has 0 radical (unpaired) electrons. The lowest BCUT2D eigenvalue weighted by Gasteiger charge is -2.27. The smallest absolute Gasteiger partial charge is 0.263 e. The normalized spacial score (nSPS) is 16.5. The van der Waals surface area contributed by atoms with Crippen LogP contribution in [-0.4, -0.2) is 43.2 Å². The molecular weight excluding hydrogens is 476 g/mol. The average molecular weight is 517 g/mol. The van der Waals surface area contributed by atoms with Crippen LogP contribution in [0.15, 0.2) is 47.7 Å². The van der Waals surface area contributed by atoms with E-state index in [0.29, 0.717) is 18.7 Å². The van der Waals surface area contributed by atoms with Gasteiger partial charge in [0, 0.05) is 38.4 Å². The van der Waals surface area contributed by atoms with E-state index in [1.807, 2.05) is 42.1 Å². The van der Waals surface area contributed by atoms with E-state index < -0.39 is 0 Å². The van der Waals surface area contributed by atoms with E-state index in [-0.39, 0.29) is 22.4 Å². The maximum absolute atomic E-state index is 13.5. The Kier molecular flexibility index (Phi) is 7.79. The van der Waals surface area contributed by atoms with Crippen molar-refractivity contribution in [2.75, 3.05) is 18.4 Å². The van der Waals surface area contributed by atoms with Gasteiger partial charge in [0.1, 0.15) is 17.7 Å². The van der Waals surface area contributed by atoms with Crippen LogP contribution in [0.3, 0.4) is 0 Å². The van der Waals surface area contributed by atoms with Crippen LogP contribution in [0.5, 0.6) is 0 Å². The van der Waals surface area contributed by atoms with Gasteiger partial charge in [-0.05, 0) is 73.0 Å². The first-order valence-electron chi connectivity index (χ1n) is 14.0. The minimum absolute atomic E-state index is 0.204. The predicted octanol–water partition coefficient (Wildman–Crippen LogP) is 4.54. The molecule has 2 aromatic heterocycles. The molecule has 0 atom stereocenters. The zero-order valence-electron chi connectivity index (χ0n) is 22.9. The van der Waals surface area contributed by atoms with E-state index in [1.54, 1.807) is 10.9 Å². The summed E-state index contributed by atoms with van der Waals surface area (Å²) >= 11 is 0. The minimum Gasteiger partial charge on any atom is -0.322 e. The summed E-state index contributed by atoms with van der Waals surface area (Å²) < 4.78 is 3.70. The average Bonchev–Trinajstić information content (AvgIpc) is 3.65. The number of nitrogens with zero attached hydrogens (tertiary/aromatic N) is 5. The molecular formula is C30H40N6O2. The summed E-state index contributed by atoms with van der Waals surface area (Å²) in [6.45, 7) is 7.90. The molecule has 0 unspecified atom stereocenters. The van der Waals surface area contributed by atoms with Crippen molar-refractivity contribution in [1.29, 1.82) is 0 Å². The summed E-state index contributed by atoms with van der Waals surface area (Å²) in [6.07, 6.45) is 11.6. The standard InChI is InChI=1S/C30H40N6O2/c1-30(2,18-27-33-31-21-34(27)3)24-8-7-9-25(17-24)32-28(37)26-16-23(19-35-13-5-4-6-14-35)20-36(29(26)38)15-12-22-10-11-22/h7-9,16-17,20-22H,4-6,10-15,18-19H2,1-3H3,(H,32,37). The Bertz CT molecular complexity index is 1330. The van der Waals surface area contributed by atoms with Crippen LogP contribution in [0.25, 0.3) is 0 Å². The first-order chi connectivity index (χ1) is 18.3. The number of carbonyl (C=O) groups is 1. The molecule has 5 rings (SSSR count). The van der Waals surface area contributed by atoms with Gasteiger partial charge >= 0.3 is 0 Å². The summed E-state index contributed by atoms with van der Waals surface area (Å²) in [4.78, 5) is 29.3. The van der Waals surface area contributed by atoms with E-state index in [1.165, 1.54) is 32.1 Å². The summed E-state index contributed by atoms with van der Waals surface area (Å²) in [6, 6.07) is 9.70. The minimum atomic E-state index is -0.348. The molecule has 1 amide bonds. The SMILES string of the molecule is Cn1cnnc1CC(C)(C)c1cccc(NC(=O)c2cc(CN3CCCCC3)cn(CCC3CC3)c2=O)c1. The molecule has 1 N–H and O–H groups in total. The molecule has 1 aliphatic heterocycles. The van der Waals surface area contributed by atoms with E-state index in [2.05, 4.69) is 40.3 Å². The Morgan fingerprint density at radius 1 is 1.13 bits per heavy atom. The van der Waals surface area contributed by atoms with Crippen molar-refractivity contribution >= 4 is 11.6 Å². The molecule has 8 heteroatoms. The number of nitrogens with one attached hydrogen (secondary N) is 1. The second kappa shape index (κ2) is 11.2. The summed E-state index contributed by atoms with van der Waals surface area (Å²) in [5.74, 6) is 1.28. The fraction of sp³-hybridized carbons (Fsp3) is 0.533. The van der Waals surface area contributed by atoms with Gasteiger partial charge in [0.2, 0.25) is 0 Å². The third-order valence-electron chi connectivity index (χ3n) is 8.02. The van der Waals surface area contributed by atoms with Gasteiger partial charge < -0.3 is 14.5 Å². The van der Waals surface area contributed by atoms with Gasteiger partial charge in [0.25, 0.3) is 11.5 Å². The number of piperidine rings is 1. The van der Waals surface area contributed by atoms with Gasteiger partial charge in [-0.25, -0.2) is 0 Å². The zero-order chi connectivity index (χ0) is 26.7. The van der Waals surface area contributed by atoms with Gasteiger partial charge in [0.05, 0.1) is 0 Å². The highest BCUT2D eigenvalue weighted by atomic mass is 16.2. The predicted molar refractivity (Wildman–Crippen MR) is 149 cm³/mol. The number of rotatable bonds is 10. The molecule has 8 nitrogen and oxygen atoms in total. The van der Waals surface area contributed by atoms with E-state index in [0.717, 1.165) is 48.9 Å². The number of hydrogen-bond donors (Lipinski definition) is 1. The monoisotopic (exact) mass is 516 g/mol. The highest BCUT2D eigenvalue weighted by Gasteiger charge is 2.25. The van der Waals surface area contributed by atoms with Crippen molar-refractivity contribution < 1.29 is 4.79 Å². The van der Waals surface area contributed by atoms with Crippen LogP contribution in [0.1, 0.15) is 79.7 Å². The lowest BCUT2D eigenvalue weighted by molar-refractivity contribution is 0.102. The summed E-state index contributed by atoms with van der Waals surface area (Å²) in [5, 5.41) is 11.3. The topological polar surface area (TPSA) is 85.1 Å². The van der Waals surface area contributed by atoms with Crippen molar-refractivity contribution in [3.63, 3.8) is 0 Å². The van der Waals surface area contributed by atoms with E-state index in [4.69, 9.17) is 0 Å². The number of likely N-dealkylation sites (tertiary alicyclic amines) is 1. The number of benzene rings is 1. The van der Waals surface area contributed by atoms with Crippen LogP contribution in [0.2, 0.25) is 0 Å². The van der Waals surface area contributed by atoms with Crippen molar-refractivity contribution in [3.8, 4) is 0 Å². The molecule has 202 valence electrons. The quantitative estimate of drug-likeness (QED) is 0.428. The fourth-order valence-electron chi connectivity index (χ4n) is 5.40. The fourth-order valence-corrected chi connectivity index (χ4v) is 5.40. The first kappa shape index (κ1) is 26.4. The third kappa shape index (κ3) is 6.41. The molecule has 2 aliphatic rings. The number of amides is 1. The Balaban J connectivity index is 1.36. The molecule has 3 heterocycles. The maximum Gasteiger partial charge on any atom is 0.263 e. The number of carbonyl (C=O) groups excluding carboxylic acids is 1. The van der Waals surface area contributed by atoms with Crippen LogP contribution in [0, 0.1) is 5.92 Å². The Morgan fingerprint density at radius 3 is 2.63 bits per heavy atom. The van der Waals surface area contributed by atoms with Crippen LogP contribution < -0.4 is 10.9 Å². The van der Waals surface area contributed by atoms with Crippen LogP contribution >= 0.6 is 0 Å². The van der Waals surface area contributed by atoms with Crippen molar-refractivity contribution in [3.05, 3.63) is 75.7 Å². The molecule has 38 heavy (non-hydrogen) atoms. The maximum atomic E-state index is 13.5. The van der Waals surface area contributed by atoms with Gasteiger partial charge in [0.15, 0.2) is 0 Å². The molecule has 0 spiro atoms. The molecule has 3 aromatic rings. The zero-order valence-corrected chi connectivity index (χ0v) is 22.9. The van der Waals surface area contributed by atoms with Crippen molar-refractivity contribution in [2.45, 2.75) is 77.3 Å². The second-order valence-corrected chi connectivity index (χ2v) is 11.8. The number of hydrogen-bond acceptors (Lipinski definition) is 5. The Morgan fingerprint density at radius 2 is 1.92 bits per heavy atom. The first-order valence-corrected chi connectivity index (χ1v) is 14.0. The van der Waals surface area contributed by atoms with Crippen LogP contribution in [0.4, 0.5) is 5.69 Å². The molecule has 1 aromatic carbocycles. The van der Waals surface area contributed by atoms with Gasteiger partial charge in [-0.2, -0.15) is 0 Å². The highest BCUT2D eigenvalue weighted by Crippen LogP contribution is 2.32. The lowest BCUT2D eigenvalue weighted by Crippen LogP contribution is -2.33. The van der Waals surface area contributed by atoms with Gasteiger partial charge in [-0.3, -0.25) is 14.5 Å². The third-order valence-corrected chi connectivity index (χ3v) is 8.02. The van der Waals surface area contributed by atoms with Gasteiger partial charge in [-0.1, -0.05) is 45.2 Å². The van der Waals surface area contributed by atoms with Crippen LogP contribution in [-0.2, 0) is 32.0 Å².